The molecule has 1 atom stereocenters. The van der Waals surface area contributed by atoms with Crippen LogP contribution in [0.1, 0.15) is 59.4 Å². The lowest BCUT2D eigenvalue weighted by atomic mass is 9.98. The fourth-order valence-electron chi connectivity index (χ4n) is 4.61. The van der Waals surface area contributed by atoms with Crippen LogP contribution in [0, 0.1) is 18.6 Å². The van der Waals surface area contributed by atoms with Gasteiger partial charge < -0.3 is 15.5 Å². The van der Waals surface area contributed by atoms with E-state index >= 15 is 4.39 Å². The zero-order valence-electron chi connectivity index (χ0n) is 21.0. The molecule has 0 saturated carbocycles. The quantitative estimate of drug-likeness (QED) is 0.365. The molecule has 1 aromatic heterocycles. The van der Waals surface area contributed by atoms with Crippen LogP contribution in [0.25, 0.3) is 11.1 Å². The van der Waals surface area contributed by atoms with Crippen molar-refractivity contribution in [1.82, 2.24) is 15.2 Å². The Morgan fingerprint density at radius 2 is 1.78 bits per heavy atom. The minimum Gasteiger partial charge on any atom is -0.381 e. The lowest BCUT2D eigenvalue weighted by Gasteiger charge is -2.31. The third-order valence-corrected chi connectivity index (χ3v) is 6.75. The van der Waals surface area contributed by atoms with E-state index in [4.69, 9.17) is 0 Å². The molecular weight excluding hydrogens is 484 g/mol. The molecular formula is C28H30F4N4O. The summed E-state index contributed by atoms with van der Waals surface area (Å²) in [5.74, 6) is -2.12. The molecule has 1 fully saturated rings. The highest BCUT2D eigenvalue weighted by atomic mass is 19.3. The predicted molar refractivity (Wildman–Crippen MR) is 136 cm³/mol. The molecule has 0 spiro atoms. The summed E-state index contributed by atoms with van der Waals surface area (Å²) < 4.78 is 56.4. The molecule has 0 radical (unpaired) electrons. The van der Waals surface area contributed by atoms with Gasteiger partial charge in [-0.2, -0.15) is 0 Å². The molecule has 5 nitrogen and oxygen atoms in total. The Morgan fingerprint density at radius 1 is 1.08 bits per heavy atom. The van der Waals surface area contributed by atoms with Crippen LogP contribution in [0.4, 0.5) is 23.2 Å². The fraction of sp³-hybridized carbons (Fsp3) is 0.357. The van der Waals surface area contributed by atoms with Gasteiger partial charge >= 0.3 is 0 Å². The van der Waals surface area contributed by atoms with Crippen molar-refractivity contribution in [3.05, 3.63) is 82.7 Å². The summed E-state index contributed by atoms with van der Waals surface area (Å²) in [5.41, 5.74) is 1.22. The van der Waals surface area contributed by atoms with E-state index in [1.165, 1.54) is 31.2 Å². The number of piperidine rings is 1. The van der Waals surface area contributed by atoms with Gasteiger partial charge in [0.25, 0.3) is 12.3 Å². The van der Waals surface area contributed by atoms with Crippen LogP contribution in [0.3, 0.4) is 0 Å². The van der Waals surface area contributed by atoms with Gasteiger partial charge in [0.1, 0.15) is 11.6 Å². The largest absolute Gasteiger partial charge is 0.381 e. The number of nitrogens with one attached hydrogen (secondary N) is 2. The van der Waals surface area contributed by atoms with Crippen molar-refractivity contribution in [1.29, 1.82) is 0 Å². The van der Waals surface area contributed by atoms with Crippen molar-refractivity contribution < 1.29 is 22.4 Å². The molecule has 1 saturated heterocycles. The lowest BCUT2D eigenvalue weighted by molar-refractivity contribution is 0.0940. The van der Waals surface area contributed by atoms with Gasteiger partial charge in [-0.15, -0.1) is 0 Å². The Kier molecular flexibility index (Phi) is 8.12. The van der Waals surface area contributed by atoms with Crippen LogP contribution in [0.2, 0.25) is 0 Å². The van der Waals surface area contributed by atoms with E-state index < -0.39 is 35.6 Å². The second-order valence-electron chi connectivity index (χ2n) is 9.53. The van der Waals surface area contributed by atoms with Gasteiger partial charge in [0, 0.05) is 29.1 Å². The van der Waals surface area contributed by atoms with Crippen molar-refractivity contribution >= 4 is 11.6 Å². The minimum absolute atomic E-state index is 0.0498. The van der Waals surface area contributed by atoms with E-state index in [-0.39, 0.29) is 22.7 Å². The number of carbonyl (C=O) groups is 1. The number of hydrogen-bond donors (Lipinski definition) is 2. The normalized spacial score (nSPS) is 15.6. The third kappa shape index (κ3) is 6.10. The number of hydrogen-bond acceptors (Lipinski definition) is 4. The van der Waals surface area contributed by atoms with E-state index in [9.17, 15) is 18.0 Å². The van der Waals surface area contributed by atoms with E-state index in [2.05, 4.69) is 20.5 Å². The van der Waals surface area contributed by atoms with Crippen molar-refractivity contribution in [3.8, 4) is 11.1 Å². The number of rotatable bonds is 7. The van der Waals surface area contributed by atoms with Crippen LogP contribution in [-0.2, 0) is 0 Å². The number of aromatic nitrogens is 1. The molecule has 0 aliphatic carbocycles. The van der Waals surface area contributed by atoms with E-state index in [0.717, 1.165) is 32.0 Å². The van der Waals surface area contributed by atoms with Crippen molar-refractivity contribution in [2.24, 2.45) is 0 Å². The summed E-state index contributed by atoms with van der Waals surface area (Å²) in [4.78, 5) is 19.8. The van der Waals surface area contributed by atoms with Gasteiger partial charge in [-0.05, 0) is 76.7 Å². The number of alkyl halides is 2. The maximum absolute atomic E-state index is 15.3. The highest BCUT2D eigenvalue weighted by molar-refractivity contribution is 6.01. The number of nitrogens with zero attached hydrogens (tertiary/aromatic N) is 2. The number of likely N-dealkylation sites (tertiary alicyclic amines) is 1. The molecule has 1 aliphatic rings. The standard InChI is InChI=1S/C28H30F4N4O/c1-16-13-18(7-10-33-16)22-14-23(25(15-24(22)29)35-19-8-11-36(3)12-9-19)28(37)34-17(2)20-5-4-6-21(26(20)30)27(31)32/h4-7,10,13-15,17,19,27,35H,8-9,11-12H2,1-3H3,(H,34,37)/t17-/m1/s1. The van der Waals surface area contributed by atoms with Crippen LogP contribution in [0.5, 0.6) is 0 Å². The predicted octanol–water partition coefficient (Wildman–Crippen LogP) is 6.27. The average Bonchev–Trinajstić information content (AvgIpc) is 2.85. The second kappa shape index (κ2) is 11.3. The summed E-state index contributed by atoms with van der Waals surface area (Å²) in [5, 5.41) is 6.02. The first-order chi connectivity index (χ1) is 17.6. The number of anilines is 1. The van der Waals surface area contributed by atoms with Crippen LogP contribution in [0.15, 0.2) is 48.7 Å². The Hall–Kier alpha value is -3.46. The maximum atomic E-state index is 15.3. The first kappa shape index (κ1) is 26.6. The zero-order chi connectivity index (χ0) is 26.7. The molecule has 4 rings (SSSR count). The third-order valence-electron chi connectivity index (χ3n) is 6.75. The average molecular weight is 515 g/mol. The number of benzene rings is 2. The summed E-state index contributed by atoms with van der Waals surface area (Å²) >= 11 is 0. The molecule has 0 unspecified atom stereocenters. The molecule has 3 aromatic rings. The molecule has 2 N–H and O–H groups in total. The van der Waals surface area contributed by atoms with Gasteiger partial charge in [-0.25, -0.2) is 17.6 Å². The SMILES string of the molecule is Cc1cc(-c2cc(C(=O)N[C@H](C)c3cccc(C(F)F)c3F)c(NC3CCN(C)CC3)cc2F)ccn1. The van der Waals surface area contributed by atoms with Crippen LogP contribution < -0.4 is 10.6 Å². The first-order valence-corrected chi connectivity index (χ1v) is 12.2. The van der Waals surface area contributed by atoms with Gasteiger partial charge in [0.15, 0.2) is 0 Å². The number of pyridine rings is 1. The molecule has 0 bridgehead atoms. The van der Waals surface area contributed by atoms with Crippen molar-refractivity contribution in [3.63, 3.8) is 0 Å². The molecule has 1 amide bonds. The molecule has 2 aromatic carbocycles. The van der Waals surface area contributed by atoms with E-state index in [0.29, 0.717) is 16.9 Å². The summed E-state index contributed by atoms with van der Waals surface area (Å²) in [7, 11) is 2.03. The summed E-state index contributed by atoms with van der Waals surface area (Å²) in [6, 6.07) is 9.01. The topological polar surface area (TPSA) is 57.3 Å². The van der Waals surface area contributed by atoms with Gasteiger partial charge in [0.05, 0.1) is 22.9 Å². The number of carbonyl (C=O) groups excluding carboxylic acids is 1. The molecule has 37 heavy (non-hydrogen) atoms. The highest BCUT2D eigenvalue weighted by Crippen LogP contribution is 2.32. The molecule has 1 aliphatic heterocycles. The monoisotopic (exact) mass is 514 g/mol. The van der Waals surface area contributed by atoms with Crippen LogP contribution in [-0.4, -0.2) is 42.0 Å². The van der Waals surface area contributed by atoms with Gasteiger partial charge in [-0.3, -0.25) is 9.78 Å². The first-order valence-electron chi connectivity index (χ1n) is 12.2. The molecule has 9 heteroatoms. The smallest absolute Gasteiger partial charge is 0.266 e. The fourth-order valence-corrected chi connectivity index (χ4v) is 4.61. The maximum Gasteiger partial charge on any atom is 0.266 e. The Morgan fingerprint density at radius 3 is 2.46 bits per heavy atom. The summed E-state index contributed by atoms with van der Waals surface area (Å²) in [6.45, 7) is 5.04. The zero-order valence-corrected chi connectivity index (χ0v) is 21.0. The van der Waals surface area contributed by atoms with Crippen molar-refractivity contribution in [2.45, 2.75) is 45.2 Å². The summed E-state index contributed by atoms with van der Waals surface area (Å²) in [6.07, 6.45) is 0.241. The van der Waals surface area contributed by atoms with Crippen LogP contribution >= 0.6 is 0 Å². The number of amides is 1. The van der Waals surface area contributed by atoms with E-state index in [1.807, 2.05) is 7.05 Å². The Bertz CT molecular complexity index is 1280. The number of halogens is 4. The Labute approximate surface area is 213 Å². The molecule has 196 valence electrons. The van der Waals surface area contributed by atoms with E-state index in [1.54, 1.807) is 25.3 Å². The Balaban J connectivity index is 1.68. The van der Waals surface area contributed by atoms with Gasteiger partial charge in [-0.1, -0.05) is 18.2 Å². The second-order valence-corrected chi connectivity index (χ2v) is 9.53. The number of aryl methyl sites for hydroxylation is 1. The highest BCUT2D eigenvalue weighted by Gasteiger charge is 2.25. The molecule has 2 heterocycles. The minimum atomic E-state index is -2.98. The van der Waals surface area contributed by atoms with Gasteiger partial charge in [0.2, 0.25) is 0 Å². The van der Waals surface area contributed by atoms with Crippen molar-refractivity contribution in [2.75, 3.05) is 25.5 Å². The lowest BCUT2D eigenvalue weighted by Crippen LogP contribution is -2.37.